The molecule has 1 aromatic carbocycles. The molecule has 0 aliphatic carbocycles. The third kappa shape index (κ3) is 12.2. The van der Waals surface area contributed by atoms with Crippen molar-refractivity contribution in [3.8, 4) is 5.75 Å². The first kappa shape index (κ1) is 42.0. The Bertz CT molecular complexity index is 1340. The smallest absolute Gasteiger partial charge is 0.166 e. The van der Waals surface area contributed by atoms with Crippen LogP contribution in [0, 0.1) is 11.2 Å². The minimum atomic E-state index is -0.471. The number of hydrogen-bond donors (Lipinski definition) is 4. The molecule has 3 heterocycles. The van der Waals surface area contributed by atoms with Gasteiger partial charge in [-0.15, -0.1) is 9.24 Å². The molecule has 3 aromatic rings. The van der Waals surface area contributed by atoms with E-state index in [1.54, 1.807) is 23.9 Å². The summed E-state index contributed by atoms with van der Waals surface area (Å²) in [6.45, 7) is 12.3. The molecule has 45 heavy (non-hydrogen) atoms. The van der Waals surface area contributed by atoms with Crippen LogP contribution in [-0.2, 0) is 0 Å². The molecule has 2 unspecified atom stereocenters. The number of benzene rings is 1. The van der Waals surface area contributed by atoms with Gasteiger partial charge in [-0.3, -0.25) is 10.4 Å². The summed E-state index contributed by atoms with van der Waals surface area (Å²) >= 11 is 16.6. The maximum Gasteiger partial charge on any atom is 0.166 e. The molecule has 15 heteroatoms. The van der Waals surface area contributed by atoms with Crippen molar-refractivity contribution in [3.63, 3.8) is 0 Å². The molecule has 0 amide bonds. The predicted molar refractivity (Wildman–Crippen MR) is 210 cm³/mol. The number of nitrogens with zero attached hydrogens (tertiary/aromatic N) is 3. The highest BCUT2D eigenvalue weighted by Crippen LogP contribution is 2.36. The Morgan fingerprint density at radius 2 is 1.82 bits per heavy atom. The second-order valence-electron chi connectivity index (χ2n) is 9.65. The van der Waals surface area contributed by atoms with E-state index in [1.807, 2.05) is 50.9 Å². The topological polar surface area (TPSA) is 112 Å². The molecule has 0 saturated carbocycles. The second kappa shape index (κ2) is 21.8. The van der Waals surface area contributed by atoms with Gasteiger partial charge >= 0.3 is 0 Å². The van der Waals surface area contributed by atoms with Crippen LogP contribution in [0.4, 0.5) is 15.9 Å². The summed E-state index contributed by atoms with van der Waals surface area (Å²) in [5, 5.41) is 16.4. The molecule has 0 radical (unpaired) electrons. The van der Waals surface area contributed by atoms with Gasteiger partial charge < -0.3 is 25.8 Å². The molecule has 1 aliphatic heterocycles. The molecule has 8 nitrogen and oxygen atoms in total. The Hall–Kier alpha value is -1.04. The molecular formula is C30H45Cl2FIN7OP2S. The number of anilines is 2. The van der Waals surface area contributed by atoms with E-state index in [9.17, 15) is 0 Å². The Balaban J connectivity index is 0.00000134. The fraction of sp³-hybridized carbons (Fsp3) is 0.433. The summed E-state index contributed by atoms with van der Waals surface area (Å²) < 4.78 is 21.3. The van der Waals surface area contributed by atoms with Crippen molar-refractivity contribution >= 4 is 89.8 Å². The van der Waals surface area contributed by atoms with Crippen molar-refractivity contribution in [2.45, 2.75) is 39.3 Å². The largest absolute Gasteiger partial charge is 0.486 e. The van der Waals surface area contributed by atoms with Crippen LogP contribution in [0.1, 0.15) is 50.5 Å². The fourth-order valence-corrected chi connectivity index (χ4v) is 6.29. The van der Waals surface area contributed by atoms with Gasteiger partial charge in [-0.1, -0.05) is 43.7 Å². The second-order valence-corrected chi connectivity index (χ2v) is 13.3. The lowest BCUT2D eigenvalue weighted by Crippen LogP contribution is -2.68. The molecule has 5 N–H and O–H groups in total. The van der Waals surface area contributed by atoms with E-state index in [-0.39, 0.29) is 17.1 Å². The van der Waals surface area contributed by atoms with E-state index in [2.05, 4.69) is 58.6 Å². The Morgan fingerprint density at radius 1 is 1.22 bits per heavy atom. The highest BCUT2D eigenvalue weighted by atomic mass is 127. The number of thioether (sulfide) groups is 1. The normalized spacial score (nSPS) is 13.7. The van der Waals surface area contributed by atoms with Gasteiger partial charge in [0.25, 0.3) is 0 Å². The van der Waals surface area contributed by atoms with Crippen molar-refractivity contribution in [2.75, 3.05) is 55.3 Å². The molecule has 3 atom stereocenters. The van der Waals surface area contributed by atoms with Crippen molar-refractivity contribution in [1.82, 2.24) is 15.3 Å². The summed E-state index contributed by atoms with van der Waals surface area (Å²) in [5.41, 5.74) is 7.86. The van der Waals surface area contributed by atoms with Crippen LogP contribution in [0.5, 0.6) is 5.75 Å². The predicted octanol–water partition coefficient (Wildman–Crippen LogP) is 8.46. The van der Waals surface area contributed by atoms with E-state index in [1.165, 1.54) is 24.7 Å². The maximum atomic E-state index is 15.2. The number of pyridine rings is 2. The van der Waals surface area contributed by atoms with Gasteiger partial charge in [0, 0.05) is 73.5 Å². The lowest BCUT2D eigenvalue weighted by Gasteiger charge is -2.49. The molecule has 0 bridgehead atoms. The summed E-state index contributed by atoms with van der Waals surface area (Å²) in [6.07, 6.45) is 8.55. The minimum absolute atomic E-state index is 0.122. The van der Waals surface area contributed by atoms with E-state index >= 15 is 4.39 Å². The first-order chi connectivity index (χ1) is 21.6. The number of aromatic nitrogens is 2. The van der Waals surface area contributed by atoms with Crippen molar-refractivity contribution in [2.24, 2.45) is 5.73 Å². The van der Waals surface area contributed by atoms with E-state index < -0.39 is 11.9 Å². The SMILES string of the molecule is CC.CP.CSC.C[C@@H](Oc1ccc(NPI)c(C(=N)c2cnc(N3CC(C)(NCCN)C3)c(F)c2)c1)c1c(Cl)cncc1Cl. The molecule has 1 fully saturated rings. The van der Waals surface area contributed by atoms with Crippen LogP contribution in [0.2, 0.25) is 10.0 Å². The Kier molecular flexibility index (Phi) is 20.3. The van der Waals surface area contributed by atoms with Crippen LogP contribution in [0.3, 0.4) is 0 Å². The van der Waals surface area contributed by atoms with Gasteiger partial charge in [-0.25, -0.2) is 9.37 Å². The average molecular weight is 831 g/mol. The number of halogens is 4. The van der Waals surface area contributed by atoms with Crippen molar-refractivity contribution < 1.29 is 9.13 Å². The highest BCUT2D eigenvalue weighted by Gasteiger charge is 2.39. The molecule has 4 rings (SSSR count). The number of rotatable bonds is 11. The summed E-state index contributed by atoms with van der Waals surface area (Å²) in [4.78, 5) is 10.2. The molecule has 250 valence electrons. The summed E-state index contributed by atoms with van der Waals surface area (Å²) in [7, 11) is 2.42. The quantitative estimate of drug-likeness (QED) is 0.0866. The summed E-state index contributed by atoms with van der Waals surface area (Å²) in [5.74, 6) is 0.317. The van der Waals surface area contributed by atoms with Crippen LogP contribution in [0.25, 0.3) is 0 Å². The zero-order valence-corrected chi connectivity index (χ0v) is 33.4. The first-order valence-electron chi connectivity index (χ1n) is 14.2. The average Bonchev–Trinajstić information content (AvgIpc) is 3.01. The highest BCUT2D eigenvalue weighted by molar-refractivity contribution is 14.2. The Labute approximate surface area is 299 Å². The number of hydrogen-bond acceptors (Lipinski definition) is 9. The van der Waals surface area contributed by atoms with E-state index in [0.29, 0.717) is 65.0 Å². The maximum absolute atomic E-state index is 15.2. The summed E-state index contributed by atoms with van der Waals surface area (Å²) in [6, 6.07) is 6.74. The number of nitrogens with two attached hydrogens (primary N) is 1. The zero-order chi connectivity index (χ0) is 34.2. The van der Waals surface area contributed by atoms with E-state index in [4.69, 9.17) is 39.1 Å². The van der Waals surface area contributed by atoms with Crippen LogP contribution >= 0.6 is 72.6 Å². The molecule has 2 aromatic heterocycles. The first-order valence-corrected chi connectivity index (χ1v) is 21.9. The van der Waals surface area contributed by atoms with Gasteiger partial charge in [0.2, 0.25) is 0 Å². The van der Waals surface area contributed by atoms with E-state index in [0.717, 1.165) is 5.69 Å². The third-order valence-electron chi connectivity index (χ3n) is 6.24. The molecule has 1 saturated heterocycles. The fourth-order valence-electron chi connectivity index (χ4n) is 4.42. The Morgan fingerprint density at radius 3 is 2.36 bits per heavy atom. The van der Waals surface area contributed by atoms with Gasteiger partial charge in [-0.05, 0) is 72.7 Å². The zero-order valence-electron chi connectivity index (χ0n) is 26.8. The van der Waals surface area contributed by atoms with Gasteiger partial charge in [0.05, 0.1) is 21.3 Å². The molecule has 1 aliphatic rings. The van der Waals surface area contributed by atoms with Crippen LogP contribution < -0.4 is 25.8 Å². The third-order valence-corrected chi connectivity index (χ3v) is 8.01. The molecular weight excluding hydrogens is 785 g/mol. The standard InChI is InChI=1S/C25H28Cl2FIN7OP.C2H6S.C2H6.CH5P/c1-14(22-18(26)10-32-11-19(22)27)37-16-3-4-21(35-38-29)17(8-16)23(31)15-7-20(28)24(33-9-15)36-12-25(2,13-36)34-6-5-30;1-3-2;2*1-2/h3-4,7-11,14,31,34-35,38H,5-6,12-13,30H2,1-2H3;1-2H3;1-2H3;2H2,1H3/t14-;;;/m1.../s1. The van der Waals surface area contributed by atoms with Gasteiger partial charge in [0.1, 0.15) is 11.9 Å². The van der Waals surface area contributed by atoms with Crippen molar-refractivity contribution in [1.29, 1.82) is 5.41 Å². The number of nitrogens with one attached hydrogen (secondary N) is 3. The number of ether oxygens (including phenoxy) is 1. The lowest BCUT2D eigenvalue weighted by atomic mass is 9.92. The monoisotopic (exact) mass is 829 g/mol. The molecule has 0 spiro atoms. The minimum Gasteiger partial charge on any atom is -0.486 e. The van der Waals surface area contributed by atoms with Crippen LogP contribution in [-0.4, -0.2) is 66.6 Å². The van der Waals surface area contributed by atoms with Crippen molar-refractivity contribution in [3.05, 3.63) is 75.4 Å². The van der Waals surface area contributed by atoms with Gasteiger partial charge in [-0.2, -0.15) is 11.8 Å². The van der Waals surface area contributed by atoms with Gasteiger partial charge in [0.15, 0.2) is 11.6 Å². The van der Waals surface area contributed by atoms with Crippen LogP contribution in [0.15, 0.2) is 42.9 Å². The lowest BCUT2D eigenvalue weighted by molar-refractivity contribution is 0.227.